The molecule has 3 heterocycles. The Morgan fingerprint density at radius 2 is 2.03 bits per heavy atom. The molecule has 36 heavy (non-hydrogen) atoms. The lowest BCUT2D eigenvalue weighted by Gasteiger charge is -2.28. The number of fused-ring (bicyclic) bond motifs is 2. The SMILES string of the molecule is CONC(=O)C1CN(c2nc(Nc3cc4c(c(C5CC5)c3)CCN(C)C4)ncc2Cl)c2ccccc21. The van der Waals surface area contributed by atoms with Gasteiger partial charge in [-0.3, -0.25) is 9.63 Å². The van der Waals surface area contributed by atoms with Crippen molar-refractivity contribution < 1.29 is 9.63 Å². The lowest BCUT2D eigenvalue weighted by Crippen LogP contribution is -2.31. The summed E-state index contributed by atoms with van der Waals surface area (Å²) in [5, 5.41) is 3.86. The van der Waals surface area contributed by atoms with Gasteiger partial charge in [0, 0.05) is 31.0 Å². The number of amides is 1. The Morgan fingerprint density at radius 3 is 2.83 bits per heavy atom. The van der Waals surface area contributed by atoms with E-state index in [0.717, 1.165) is 36.4 Å². The molecule has 0 saturated heterocycles. The van der Waals surface area contributed by atoms with E-state index in [-0.39, 0.29) is 5.91 Å². The molecule has 2 N–H and O–H groups in total. The van der Waals surface area contributed by atoms with E-state index < -0.39 is 5.92 Å². The van der Waals surface area contributed by atoms with Crippen molar-refractivity contribution in [2.45, 2.75) is 37.6 Å². The molecule has 1 aromatic heterocycles. The lowest BCUT2D eigenvalue weighted by molar-refractivity contribution is -0.132. The maximum atomic E-state index is 12.7. The zero-order chi connectivity index (χ0) is 24.8. The van der Waals surface area contributed by atoms with Crippen molar-refractivity contribution in [3.8, 4) is 0 Å². The van der Waals surface area contributed by atoms with E-state index in [1.165, 1.54) is 36.6 Å². The molecule has 2 aliphatic heterocycles. The highest BCUT2D eigenvalue weighted by molar-refractivity contribution is 6.33. The predicted octanol–water partition coefficient (Wildman–Crippen LogP) is 4.65. The minimum Gasteiger partial charge on any atom is -0.324 e. The zero-order valence-electron chi connectivity index (χ0n) is 20.4. The Bertz CT molecular complexity index is 1330. The van der Waals surface area contributed by atoms with Crippen LogP contribution in [0.4, 0.5) is 23.1 Å². The number of hydrogen-bond donors (Lipinski definition) is 2. The highest BCUT2D eigenvalue weighted by Gasteiger charge is 2.36. The first kappa shape index (κ1) is 23.2. The number of halogens is 1. The van der Waals surface area contributed by atoms with Gasteiger partial charge in [0.15, 0.2) is 5.82 Å². The van der Waals surface area contributed by atoms with Crippen molar-refractivity contribution >= 4 is 40.6 Å². The molecular formula is C27H29ClN6O2. The number of anilines is 4. The Labute approximate surface area is 215 Å². The number of nitrogens with zero attached hydrogens (tertiary/aromatic N) is 4. The van der Waals surface area contributed by atoms with Gasteiger partial charge < -0.3 is 15.1 Å². The number of para-hydroxylation sites is 1. The summed E-state index contributed by atoms with van der Waals surface area (Å²) in [6.45, 7) is 2.46. The Balaban J connectivity index is 1.32. The number of aromatic nitrogens is 2. The fourth-order valence-corrected chi connectivity index (χ4v) is 5.64. The van der Waals surface area contributed by atoms with Crippen LogP contribution in [0.2, 0.25) is 5.02 Å². The lowest BCUT2D eigenvalue weighted by atomic mass is 9.91. The second-order valence-electron chi connectivity index (χ2n) is 9.85. The number of carbonyl (C=O) groups is 1. The summed E-state index contributed by atoms with van der Waals surface area (Å²) in [5.74, 6) is 1.10. The minimum absolute atomic E-state index is 0.206. The fourth-order valence-electron chi connectivity index (χ4n) is 5.45. The molecule has 1 saturated carbocycles. The summed E-state index contributed by atoms with van der Waals surface area (Å²) < 4.78 is 0. The molecule has 0 spiro atoms. The van der Waals surface area contributed by atoms with Crippen molar-refractivity contribution in [3.05, 3.63) is 69.9 Å². The minimum atomic E-state index is -0.401. The highest BCUT2D eigenvalue weighted by atomic mass is 35.5. The molecule has 2 aromatic carbocycles. The van der Waals surface area contributed by atoms with Crippen molar-refractivity contribution in [1.29, 1.82) is 0 Å². The number of carbonyl (C=O) groups excluding carboxylic acids is 1. The van der Waals surface area contributed by atoms with Gasteiger partial charge in [-0.05, 0) is 72.7 Å². The highest BCUT2D eigenvalue weighted by Crippen LogP contribution is 2.45. The molecule has 186 valence electrons. The van der Waals surface area contributed by atoms with Gasteiger partial charge in [0.25, 0.3) is 5.91 Å². The van der Waals surface area contributed by atoms with Crippen molar-refractivity contribution in [1.82, 2.24) is 20.3 Å². The number of benzene rings is 2. The molecule has 3 aromatic rings. The number of nitrogens with one attached hydrogen (secondary N) is 2. The Kier molecular flexibility index (Phi) is 6.03. The summed E-state index contributed by atoms with van der Waals surface area (Å²) >= 11 is 6.59. The van der Waals surface area contributed by atoms with Crippen LogP contribution in [0.25, 0.3) is 0 Å². The number of rotatable bonds is 6. The van der Waals surface area contributed by atoms with Crippen LogP contribution >= 0.6 is 11.6 Å². The van der Waals surface area contributed by atoms with Gasteiger partial charge in [0.1, 0.15) is 5.02 Å². The van der Waals surface area contributed by atoms with Gasteiger partial charge in [-0.2, -0.15) is 4.98 Å². The number of hydrogen-bond acceptors (Lipinski definition) is 7. The quantitative estimate of drug-likeness (QED) is 0.473. The largest absolute Gasteiger partial charge is 0.324 e. The van der Waals surface area contributed by atoms with Crippen molar-refractivity contribution in [2.24, 2.45) is 0 Å². The Hall–Kier alpha value is -3.20. The van der Waals surface area contributed by atoms with E-state index in [9.17, 15) is 4.79 Å². The normalized spacial score (nSPS) is 19.1. The van der Waals surface area contributed by atoms with Crippen molar-refractivity contribution in [3.63, 3.8) is 0 Å². The molecule has 1 atom stereocenters. The molecule has 1 aliphatic carbocycles. The smallest absolute Gasteiger partial charge is 0.252 e. The van der Waals surface area contributed by atoms with Crippen LogP contribution in [0.15, 0.2) is 42.6 Å². The molecule has 8 nitrogen and oxygen atoms in total. The average molecular weight is 505 g/mol. The first-order chi connectivity index (χ1) is 17.5. The van der Waals surface area contributed by atoms with Crippen LogP contribution in [0, 0.1) is 0 Å². The van der Waals surface area contributed by atoms with E-state index in [2.05, 4.69) is 39.9 Å². The molecule has 6 rings (SSSR count). The zero-order valence-corrected chi connectivity index (χ0v) is 21.2. The van der Waals surface area contributed by atoms with Gasteiger partial charge in [-0.1, -0.05) is 29.8 Å². The van der Waals surface area contributed by atoms with Crippen molar-refractivity contribution in [2.75, 3.05) is 37.5 Å². The fraction of sp³-hybridized carbons (Fsp3) is 0.370. The number of likely N-dealkylation sites (N-methyl/N-ethyl adjacent to an activating group) is 1. The van der Waals surface area contributed by atoms with Crippen LogP contribution in [0.1, 0.15) is 46.9 Å². The first-order valence-electron chi connectivity index (χ1n) is 12.3. The standard InChI is InChI=1S/C27H29ClN6O2/c1-33-10-9-19-17(14-33)11-18(12-21(19)16-7-8-16)30-27-29-13-23(28)25(31-27)34-15-22(26(35)32-36-2)20-5-3-4-6-24(20)34/h3-6,11-13,16,22H,7-10,14-15H2,1-2H3,(H,32,35)(H,29,30,31). The third-order valence-corrected chi connectivity index (χ3v) is 7.57. The predicted molar refractivity (Wildman–Crippen MR) is 140 cm³/mol. The molecule has 1 unspecified atom stereocenters. The maximum absolute atomic E-state index is 12.7. The second-order valence-corrected chi connectivity index (χ2v) is 10.3. The third-order valence-electron chi connectivity index (χ3n) is 7.30. The van der Waals surface area contributed by atoms with Crippen LogP contribution in [-0.2, 0) is 22.6 Å². The van der Waals surface area contributed by atoms with Gasteiger partial charge in [-0.15, -0.1) is 0 Å². The molecule has 0 bridgehead atoms. The summed E-state index contributed by atoms with van der Waals surface area (Å²) in [6.07, 6.45) is 5.25. The van der Waals surface area contributed by atoms with Gasteiger partial charge in [-0.25, -0.2) is 10.5 Å². The summed E-state index contributed by atoms with van der Waals surface area (Å²) in [5.41, 5.74) is 9.63. The number of hydroxylamine groups is 1. The molecule has 1 fully saturated rings. The average Bonchev–Trinajstić information content (AvgIpc) is 3.65. The Morgan fingerprint density at radius 1 is 1.19 bits per heavy atom. The third kappa shape index (κ3) is 4.30. The summed E-state index contributed by atoms with van der Waals surface area (Å²) in [6, 6.07) is 12.3. The molecule has 1 amide bonds. The van der Waals surface area contributed by atoms with Crippen LogP contribution in [0.3, 0.4) is 0 Å². The van der Waals surface area contributed by atoms with E-state index in [0.29, 0.717) is 29.3 Å². The monoisotopic (exact) mass is 504 g/mol. The van der Waals surface area contributed by atoms with E-state index in [4.69, 9.17) is 21.4 Å². The van der Waals surface area contributed by atoms with Gasteiger partial charge in [0.05, 0.1) is 19.2 Å². The molecule has 0 radical (unpaired) electrons. The first-order valence-corrected chi connectivity index (χ1v) is 12.7. The topological polar surface area (TPSA) is 82.6 Å². The summed E-state index contributed by atoms with van der Waals surface area (Å²) in [4.78, 5) is 31.2. The van der Waals surface area contributed by atoms with Gasteiger partial charge >= 0.3 is 0 Å². The van der Waals surface area contributed by atoms with E-state index in [1.807, 2.05) is 29.2 Å². The molecule has 3 aliphatic rings. The van der Waals surface area contributed by atoms with Gasteiger partial charge in [0.2, 0.25) is 5.95 Å². The van der Waals surface area contributed by atoms with Crippen LogP contribution < -0.4 is 15.7 Å². The van der Waals surface area contributed by atoms with E-state index in [1.54, 1.807) is 6.20 Å². The van der Waals surface area contributed by atoms with Crippen LogP contribution in [-0.4, -0.2) is 48.0 Å². The molecule has 9 heteroatoms. The van der Waals surface area contributed by atoms with Crippen LogP contribution in [0.5, 0.6) is 0 Å². The summed E-state index contributed by atoms with van der Waals surface area (Å²) in [7, 11) is 3.60. The second kappa shape index (κ2) is 9.35. The maximum Gasteiger partial charge on any atom is 0.252 e. The van der Waals surface area contributed by atoms with E-state index >= 15 is 0 Å². The molecular weight excluding hydrogens is 476 g/mol.